The van der Waals surface area contributed by atoms with Crippen molar-refractivity contribution in [2.75, 3.05) is 54.4 Å². The maximum atomic E-state index is 12.5. The van der Waals surface area contributed by atoms with Gasteiger partial charge >= 0.3 is 11.8 Å². The number of rotatable bonds is 4. The van der Waals surface area contributed by atoms with Crippen LogP contribution in [-0.2, 0) is 19.2 Å². The second-order valence-corrected chi connectivity index (χ2v) is 7.61. The van der Waals surface area contributed by atoms with Gasteiger partial charge in [0.25, 0.3) is 11.8 Å². The second-order valence-electron chi connectivity index (χ2n) is 7.61. The zero-order valence-corrected chi connectivity index (χ0v) is 15.8. The molecule has 0 spiro atoms. The number of nitrogens with zero attached hydrogens (tertiary/aromatic N) is 4. The van der Waals surface area contributed by atoms with E-state index in [4.69, 9.17) is 0 Å². The van der Waals surface area contributed by atoms with Crippen molar-refractivity contribution in [2.24, 2.45) is 0 Å². The molecule has 3 saturated heterocycles. The van der Waals surface area contributed by atoms with Crippen LogP contribution >= 0.6 is 0 Å². The van der Waals surface area contributed by atoms with Gasteiger partial charge in [-0.15, -0.1) is 0 Å². The van der Waals surface area contributed by atoms with Crippen molar-refractivity contribution in [3.8, 4) is 0 Å². The van der Waals surface area contributed by atoms with Crippen molar-refractivity contribution in [2.45, 2.75) is 24.9 Å². The van der Waals surface area contributed by atoms with E-state index in [9.17, 15) is 19.2 Å². The monoisotopic (exact) mass is 368 g/mol. The normalized spacial score (nSPS) is 33.3. The molecule has 0 aromatic carbocycles. The molecule has 144 valence electrons. The summed E-state index contributed by atoms with van der Waals surface area (Å²) in [5.74, 6) is -0.621. The largest absolute Gasteiger partial charge is 0.315 e. The van der Waals surface area contributed by atoms with Gasteiger partial charge in [-0.2, -0.15) is 0 Å². The summed E-state index contributed by atoms with van der Waals surface area (Å²) >= 11 is 0. The van der Waals surface area contributed by atoms with Crippen LogP contribution in [0, 0.1) is 0 Å². The highest BCUT2D eigenvalue weighted by Crippen LogP contribution is 2.13. The van der Waals surface area contributed by atoms with E-state index in [-0.39, 0.29) is 48.6 Å². The predicted octanol–water partition coefficient (Wildman–Crippen LogP) is -5.02. The maximum Gasteiger partial charge on any atom is 0.302 e. The van der Waals surface area contributed by atoms with Gasteiger partial charge in [0.15, 0.2) is 12.1 Å². The molecule has 0 aromatic rings. The highest BCUT2D eigenvalue weighted by Gasteiger charge is 2.50. The Hall–Kier alpha value is -1.88. The summed E-state index contributed by atoms with van der Waals surface area (Å²) in [5, 5.41) is 5.49. The molecule has 0 bridgehead atoms. The van der Waals surface area contributed by atoms with Crippen molar-refractivity contribution in [3.63, 3.8) is 0 Å². The molecular weight excluding hydrogens is 340 g/mol. The molecule has 3 heterocycles. The second kappa shape index (κ2) is 7.03. The van der Waals surface area contributed by atoms with Gasteiger partial charge in [0.1, 0.15) is 26.2 Å². The summed E-state index contributed by atoms with van der Waals surface area (Å²) in [6.45, 7) is 2.83. The van der Waals surface area contributed by atoms with Crippen LogP contribution < -0.4 is 9.80 Å². The number of imide groups is 2. The zero-order valence-electron chi connectivity index (χ0n) is 15.8. The molecule has 0 unspecified atom stereocenters. The summed E-state index contributed by atoms with van der Waals surface area (Å²) in [7, 11) is 6.76. The highest BCUT2D eigenvalue weighted by molar-refractivity contribution is 6.04. The Morgan fingerprint density at radius 3 is 1.23 bits per heavy atom. The molecule has 2 N–H and O–H groups in total. The summed E-state index contributed by atoms with van der Waals surface area (Å²) < 4.78 is 0. The Bertz CT molecular complexity index is 574. The van der Waals surface area contributed by atoms with Gasteiger partial charge in [0.05, 0.1) is 12.8 Å². The first-order valence-corrected chi connectivity index (χ1v) is 8.99. The van der Waals surface area contributed by atoms with E-state index in [1.807, 2.05) is 0 Å². The van der Waals surface area contributed by atoms with E-state index >= 15 is 0 Å². The summed E-state index contributed by atoms with van der Waals surface area (Å²) in [6, 6.07) is -0.684. The van der Waals surface area contributed by atoms with Crippen molar-refractivity contribution >= 4 is 23.6 Å². The summed E-state index contributed by atoms with van der Waals surface area (Å²) in [4.78, 5) is 51.4. The van der Waals surface area contributed by atoms with Crippen LogP contribution in [0.4, 0.5) is 0 Å². The van der Waals surface area contributed by atoms with Crippen LogP contribution in [0.1, 0.15) is 12.8 Å². The van der Waals surface area contributed by atoms with E-state index in [0.29, 0.717) is 26.2 Å². The van der Waals surface area contributed by atoms with Gasteiger partial charge in [-0.1, -0.05) is 0 Å². The van der Waals surface area contributed by atoms with Crippen LogP contribution in [0.15, 0.2) is 0 Å². The molecule has 3 rings (SSSR count). The first-order chi connectivity index (χ1) is 12.2. The number of carbonyl (C=O) groups is 4. The third-order valence-corrected chi connectivity index (χ3v) is 5.56. The molecule has 0 saturated carbocycles. The van der Waals surface area contributed by atoms with Gasteiger partial charge in [-0.05, 0) is 0 Å². The maximum absolute atomic E-state index is 12.5. The van der Waals surface area contributed by atoms with Crippen LogP contribution in [0.25, 0.3) is 0 Å². The topological polar surface area (TPSA) is 90.1 Å². The van der Waals surface area contributed by atoms with Gasteiger partial charge in [-0.3, -0.25) is 19.2 Å². The van der Waals surface area contributed by atoms with E-state index < -0.39 is 0 Å². The zero-order chi connectivity index (χ0) is 19.2. The summed E-state index contributed by atoms with van der Waals surface area (Å²) in [6.07, 6.45) is 0.466. The molecule has 0 aromatic heterocycles. The van der Waals surface area contributed by atoms with Gasteiger partial charge in [0.2, 0.25) is 0 Å². The van der Waals surface area contributed by atoms with E-state index in [1.165, 1.54) is 20.0 Å². The highest BCUT2D eigenvalue weighted by atomic mass is 16.2. The molecular formula is C16H28N6O4+2. The minimum absolute atomic E-state index is 0.149. The lowest BCUT2D eigenvalue weighted by molar-refractivity contribution is -1.02. The molecule has 0 aliphatic carbocycles. The lowest BCUT2D eigenvalue weighted by atomic mass is 10.1. The number of quaternary nitrogens is 2. The smallest absolute Gasteiger partial charge is 0.302 e. The Labute approximate surface area is 152 Å². The number of amides is 4. The number of hydrazine groups is 2. The number of hydrogen-bond donors (Lipinski definition) is 2. The Kier molecular flexibility index (Phi) is 5.11. The standard InChI is InChI=1S/C16H26N6O4/c1-17(2)21-13(23)9-11(15(21)25)19-5-7-20(8-6-19)12-10-14(24)22(16(12)26)18(3)4/h11-12H,5-10H2,1-4H3/p+2/t11-,12-/m1/s1. The Morgan fingerprint density at radius 2 is 1.00 bits per heavy atom. The van der Waals surface area contributed by atoms with Crippen molar-refractivity contribution in [3.05, 3.63) is 0 Å². The first kappa shape index (κ1) is 18.9. The van der Waals surface area contributed by atoms with Crippen LogP contribution in [-0.4, -0.2) is 110 Å². The fraction of sp³-hybridized carbons (Fsp3) is 0.750. The molecule has 3 aliphatic rings. The molecule has 10 heteroatoms. The lowest BCUT2D eigenvalue weighted by Gasteiger charge is -2.34. The van der Waals surface area contributed by atoms with Crippen LogP contribution in [0.5, 0.6) is 0 Å². The molecule has 0 radical (unpaired) electrons. The number of piperazine rings is 1. The van der Waals surface area contributed by atoms with Crippen molar-refractivity contribution in [1.29, 1.82) is 0 Å². The average molecular weight is 368 g/mol. The first-order valence-electron chi connectivity index (χ1n) is 8.99. The number of carbonyl (C=O) groups excluding carboxylic acids is 4. The van der Waals surface area contributed by atoms with Crippen LogP contribution in [0.3, 0.4) is 0 Å². The summed E-state index contributed by atoms with van der Waals surface area (Å²) in [5.41, 5.74) is 0. The lowest BCUT2D eigenvalue weighted by Crippen LogP contribution is -3.31. The van der Waals surface area contributed by atoms with Crippen molar-refractivity contribution < 1.29 is 29.0 Å². The van der Waals surface area contributed by atoms with Gasteiger partial charge in [-0.25, -0.2) is 20.0 Å². The SMILES string of the molecule is CN(C)N1C(=O)C[C@@H]([NH+]2CC[NH+]([C@@H]3CC(=O)N(N(C)C)C3=O)CC2)C1=O. The molecule has 10 nitrogen and oxygen atoms in total. The molecule has 3 fully saturated rings. The van der Waals surface area contributed by atoms with E-state index in [0.717, 1.165) is 9.80 Å². The molecule has 3 aliphatic heterocycles. The van der Waals surface area contributed by atoms with Crippen molar-refractivity contribution in [1.82, 2.24) is 20.0 Å². The quantitative estimate of drug-likeness (QED) is 0.483. The fourth-order valence-corrected chi connectivity index (χ4v) is 4.31. The van der Waals surface area contributed by atoms with Gasteiger partial charge in [0, 0.05) is 28.2 Å². The number of hydrogen-bond acceptors (Lipinski definition) is 6. The predicted molar refractivity (Wildman–Crippen MR) is 89.3 cm³/mol. The minimum Gasteiger partial charge on any atom is -0.315 e. The molecule has 26 heavy (non-hydrogen) atoms. The van der Waals surface area contributed by atoms with E-state index in [2.05, 4.69) is 0 Å². The number of nitrogens with one attached hydrogen (secondary N) is 2. The Balaban J connectivity index is 1.60. The van der Waals surface area contributed by atoms with Crippen LogP contribution in [0.2, 0.25) is 0 Å². The van der Waals surface area contributed by atoms with E-state index in [1.54, 1.807) is 28.2 Å². The molecule has 4 amide bonds. The average Bonchev–Trinajstić information content (AvgIpc) is 3.03. The van der Waals surface area contributed by atoms with Gasteiger partial charge < -0.3 is 9.80 Å². The third-order valence-electron chi connectivity index (χ3n) is 5.56. The third kappa shape index (κ3) is 3.13. The Morgan fingerprint density at radius 1 is 0.692 bits per heavy atom. The minimum atomic E-state index is -0.342. The fourth-order valence-electron chi connectivity index (χ4n) is 4.31. The molecule has 2 atom stereocenters.